The van der Waals surface area contributed by atoms with E-state index in [0.717, 1.165) is 5.56 Å². The van der Waals surface area contributed by atoms with E-state index in [0.29, 0.717) is 20.4 Å². The van der Waals surface area contributed by atoms with Crippen molar-refractivity contribution < 1.29 is 9.18 Å². The van der Waals surface area contributed by atoms with Crippen molar-refractivity contribution in [2.24, 2.45) is 0 Å². The number of fused-ring (bicyclic) bond motifs is 1. The molecule has 3 rings (SSSR count). The number of carbonyl (C=O) groups excluding carboxylic acids is 1. The van der Waals surface area contributed by atoms with E-state index < -0.39 is 0 Å². The molecule has 0 radical (unpaired) electrons. The number of thiazole rings is 1. The van der Waals surface area contributed by atoms with Gasteiger partial charge in [-0.15, -0.1) is 0 Å². The zero-order chi connectivity index (χ0) is 15.5. The molecule has 1 N–H and O–H groups in total. The molecule has 0 saturated carbocycles. The molecule has 22 heavy (non-hydrogen) atoms. The van der Waals surface area contributed by atoms with Gasteiger partial charge in [-0.25, -0.2) is 9.37 Å². The first kappa shape index (κ1) is 14.7. The molecular weight excluding hydrogens is 323 g/mol. The average Bonchev–Trinajstić information content (AvgIpc) is 2.87. The van der Waals surface area contributed by atoms with Crippen molar-refractivity contribution in [2.75, 3.05) is 5.32 Å². The van der Waals surface area contributed by atoms with E-state index in [2.05, 4.69) is 10.3 Å². The number of nitrogens with one attached hydrogen (secondary N) is 1. The van der Waals surface area contributed by atoms with Crippen LogP contribution in [0.2, 0.25) is 5.02 Å². The highest BCUT2D eigenvalue weighted by Crippen LogP contribution is 2.26. The fourth-order valence-corrected chi connectivity index (χ4v) is 2.97. The van der Waals surface area contributed by atoms with Crippen molar-refractivity contribution in [3.63, 3.8) is 0 Å². The smallest absolute Gasteiger partial charge is 0.250 e. The highest BCUT2D eigenvalue weighted by molar-refractivity contribution is 7.22. The zero-order valence-electron chi connectivity index (χ0n) is 11.2. The van der Waals surface area contributed by atoms with E-state index >= 15 is 0 Å². The van der Waals surface area contributed by atoms with Gasteiger partial charge in [-0.2, -0.15) is 0 Å². The van der Waals surface area contributed by atoms with Crippen LogP contribution in [-0.4, -0.2) is 10.9 Å². The summed E-state index contributed by atoms with van der Waals surface area (Å²) >= 11 is 7.23. The van der Waals surface area contributed by atoms with E-state index in [9.17, 15) is 9.18 Å². The number of rotatable bonds is 3. The number of anilines is 1. The van der Waals surface area contributed by atoms with Gasteiger partial charge in [-0.3, -0.25) is 10.1 Å². The molecule has 0 aliphatic rings. The number of hydrogen-bond acceptors (Lipinski definition) is 3. The summed E-state index contributed by atoms with van der Waals surface area (Å²) in [6, 6.07) is 11.5. The van der Waals surface area contributed by atoms with Gasteiger partial charge < -0.3 is 0 Å². The Morgan fingerprint density at radius 2 is 2.09 bits per heavy atom. The SMILES string of the molecule is O=C(/C=C/c1ccccc1Cl)Nc1nc2ccc(F)cc2s1. The number of hydrogen-bond donors (Lipinski definition) is 1. The largest absolute Gasteiger partial charge is 0.298 e. The quantitative estimate of drug-likeness (QED) is 0.704. The van der Waals surface area contributed by atoms with Crippen molar-refractivity contribution in [1.82, 2.24) is 4.98 Å². The van der Waals surface area contributed by atoms with Crippen LogP contribution in [-0.2, 0) is 4.79 Å². The van der Waals surface area contributed by atoms with Crippen molar-refractivity contribution in [1.29, 1.82) is 0 Å². The Balaban J connectivity index is 1.74. The molecule has 1 heterocycles. The van der Waals surface area contributed by atoms with Crippen molar-refractivity contribution >= 4 is 50.3 Å². The normalized spacial score (nSPS) is 11.2. The van der Waals surface area contributed by atoms with Crippen LogP contribution in [0.4, 0.5) is 9.52 Å². The Morgan fingerprint density at radius 1 is 1.27 bits per heavy atom. The lowest BCUT2D eigenvalue weighted by Gasteiger charge is -1.97. The van der Waals surface area contributed by atoms with Gasteiger partial charge in [-0.05, 0) is 35.9 Å². The number of amides is 1. The molecule has 0 aliphatic heterocycles. The second-order valence-electron chi connectivity index (χ2n) is 4.48. The van der Waals surface area contributed by atoms with Crippen LogP contribution in [0.1, 0.15) is 5.56 Å². The van der Waals surface area contributed by atoms with Crippen molar-refractivity contribution in [3.05, 3.63) is 64.9 Å². The number of halogens is 2. The molecule has 0 unspecified atom stereocenters. The molecule has 0 aliphatic carbocycles. The standard InChI is InChI=1S/C16H10ClFN2OS/c17-12-4-2-1-3-10(12)5-8-15(21)20-16-19-13-7-6-11(18)9-14(13)22-16/h1-9H,(H,19,20,21)/b8-5+. The first-order valence-corrected chi connectivity index (χ1v) is 7.61. The summed E-state index contributed by atoms with van der Waals surface area (Å²) < 4.78 is 13.8. The maximum absolute atomic E-state index is 13.1. The van der Waals surface area contributed by atoms with Crippen LogP contribution < -0.4 is 5.32 Å². The van der Waals surface area contributed by atoms with Gasteiger partial charge >= 0.3 is 0 Å². The summed E-state index contributed by atoms with van der Waals surface area (Å²) in [5, 5.41) is 3.65. The molecular formula is C16H10ClFN2OS. The predicted octanol–water partition coefficient (Wildman–Crippen LogP) is 4.74. The Morgan fingerprint density at radius 3 is 2.91 bits per heavy atom. The number of aromatic nitrogens is 1. The Labute approximate surface area is 135 Å². The highest BCUT2D eigenvalue weighted by Gasteiger charge is 2.06. The lowest BCUT2D eigenvalue weighted by atomic mass is 10.2. The minimum Gasteiger partial charge on any atom is -0.298 e. The average molecular weight is 333 g/mol. The Kier molecular flexibility index (Phi) is 4.18. The minimum absolute atomic E-state index is 0.320. The van der Waals surface area contributed by atoms with E-state index in [1.165, 1.54) is 29.5 Å². The molecule has 110 valence electrons. The van der Waals surface area contributed by atoms with Gasteiger partial charge in [0.05, 0.1) is 10.2 Å². The van der Waals surface area contributed by atoms with Crippen LogP contribution in [0.25, 0.3) is 16.3 Å². The summed E-state index contributed by atoms with van der Waals surface area (Å²) in [7, 11) is 0. The molecule has 6 heteroatoms. The van der Waals surface area contributed by atoms with Gasteiger partial charge in [0.25, 0.3) is 0 Å². The van der Waals surface area contributed by atoms with Crippen LogP contribution in [0.15, 0.2) is 48.5 Å². The summed E-state index contributed by atoms with van der Waals surface area (Å²) in [6.45, 7) is 0. The number of carbonyl (C=O) groups is 1. The summed E-state index contributed by atoms with van der Waals surface area (Å²) in [6.07, 6.45) is 3.01. The third-order valence-electron chi connectivity index (χ3n) is 2.90. The second kappa shape index (κ2) is 6.25. The fraction of sp³-hybridized carbons (Fsp3) is 0. The molecule has 3 nitrogen and oxygen atoms in total. The molecule has 0 atom stereocenters. The van der Waals surface area contributed by atoms with Gasteiger partial charge in [0.15, 0.2) is 5.13 Å². The van der Waals surface area contributed by atoms with Crippen molar-refractivity contribution in [2.45, 2.75) is 0 Å². The molecule has 0 spiro atoms. The fourth-order valence-electron chi connectivity index (χ4n) is 1.87. The molecule has 0 saturated heterocycles. The summed E-state index contributed by atoms with van der Waals surface area (Å²) in [4.78, 5) is 16.1. The maximum Gasteiger partial charge on any atom is 0.250 e. The first-order chi connectivity index (χ1) is 10.6. The van der Waals surface area contributed by atoms with Gasteiger partial charge in [-0.1, -0.05) is 41.1 Å². The third-order valence-corrected chi connectivity index (χ3v) is 4.18. The van der Waals surface area contributed by atoms with Crippen LogP contribution in [0.5, 0.6) is 0 Å². The van der Waals surface area contributed by atoms with Crippen LogP contribution in [0, 0.1) is 5.82 Å². The lowest BCUT2D eigenvalue weighted by Crippen LogP contribution is -2.07. The number of nitrogens with zero attached hydrogens (tertiary/aromatic N) is 1. The minimum atomic E-state index is -0.326. The van der Waals surface area contributed by atoms with Gasteiger partial charge in [0.2, 0.25) is 5.91 Å². The highest BCUT2D eigenvalue weighted by atomic mass is 35.5. The first-order valence-electron chi connectivity index (χ1n) is 6.41. The van der Waals surface area contributed by atoms with Crippen LogP contribution >= 0.6 is 22.9 Å². The Hall–Kier alpha value is -2.24. The monoisotopic (exact) mass is 332 g/mol. The van der Waals surface area contributed by atoms with Crippen LogP contribution in [0.3, 0.4) is 0 Å². The molecule has 0 bridgehead atoms. The molecule has 0 fully saturated rings. The summed E-state index contributed by atoms with van der Waals surface area (Å²) in [5.41, 5.74) is 1.41. The summed E-state index contributed by atoms with van der Waals surface area (Å²) in [5.74, 6) is -0.646. The number of benzene rings is 2. The maximum atomic E-state index is 13.1. The zero-order valence-corrected chi connectivity index (χ0v) is 12.8. The molecule has 3 aromatic rings. The lowest BCUT2D eigenvalue weighted by molar-refractivity contribution is -0.111. The third kappa shape index (κ3) is 3.32. The van der Waals surface area contributed by atoms with Crippen molar-refractivity contribution in [3.8, 4) is 0 Å². The predicted molar refractivity (Wildman–Crippen MR) is 88.7 cm³/mol. The Bertz CT molecular complexity index is 875. The van der Waals surface area contributed by atoms with Gasteiger partial charge in [0.1, 0.15) is 5.82 Å². The molecule has 1 amide bonds. The van der Waals surface area contributed by atoms with Gasteiger partial charge in [0, 0.05) is 11.1 Å². The second-order valence-corrected chi connectivity index (χ2v) is 5.91. The van der Waals surface area contributed by atoms with E-state index in [4.69, 9.17) is 11.6 Å². The van der Waals surface area contributed by atoms with E-state index in [1.54, 1.807) is 18.2 Å². The van der Waals surface area contributed by atoms with E-state index in [1.807, 2.05) is 18.2 Å². The molecule has 1 aromatic heterocycles. The molecule has 2 aromatic carbocycles. The topological polar surface area (TPSA) is 42.0 Å². The van der Waals surface area contributed by atoms with E-state index in [-0.39, 0.29) is 11.7 Å².